The largest absolute Gasteiger partial charge is 0.316 e. The van der Waals surface area contributed by atoms with Gasteiger partial charge in [-0.3, -0.25) is 0 Å². The Balaban J connectivity index is 1.67. The Kier molecular flexibility index (Phi) is 4.29. The van der Waals surface area contributed by atoms with Crippen molar-refractivity contribution in [2.45, 2.75) is 19.3 Å². The van der Waals surface area contributed by atoms with Crippen LogP contribution in [0.15, 0.2) is 36.5 Å². The van der Waals surface area contributed by atoms with Crippen molar-refractivity contribution in [2.24, 2.45) is 5.92 Å². The van der Waals surface area contributed by atoms with Crippen molar-refractivity contribution in [1.29, 1.82) is 0 Å². The van der Waals surface area contributed by atoms with Gasteiger partial charge in [0.05, 0.1) is 16.6 Å². The molecule has 1 atom stereocenters. The highest BCUT2D eigenvalue weighted by molar-refractivity contribution is 7.22. The van der Waals surface area contributed by atoms with E-state index in [1.807, 2.05) is 18.3 Å². The summed E-state index contributed by atoms with van der Waals surface area (Å²) in [6.45, 7) is 2.23. The first kappa shape index (κ1) is 15.1. The van der Waals surface area contributed by atoms with Crippen molar-refractivity contribution in [3.63, 3.8) is 0 Å². The minimum Gasteiger partial charge on any atom is -0.316 e. The molecule has 1 aliphatic heterocycles. The van der Waals surface area contributed by atoms with Gasteiger partial charge >= 0.3 is 0 Å². The van der Waals surface area contributed by atoms with Crippen molar-refractivity contribution in [3.8, 4) is 10.4 Å². The Hall–Kier alpha value is -1.49. The van der Waals surface area contributed by atoms with E-state index in [0.717, 1.165) is 30.2 Å². The molecular formula is C18H18ClN3S. The van der Waals surface area contributed by atoms with Gasteiger partial charge in [-0.2, -0.15) is 10.2 Å². The van der Waals surface area contributed by atoms with E-state index in [9.17, 15) is 0 Å². The molecule has 23 heavy (non-hydrogen) atoms. The first-order valence-electron chi connectivity index (χ1n) is 8.00. The fourth-order valence-electron chi connectivity index (χ4n) is 3.21. The van der Waals surface area contributed by atoms with Gasteiger partial charge in [-0.1, -0.05) is 23.7 Å². The Bertz CT molecular complexity index is 807. The van der Waals surface area contributed by atoms with Crippen molar-refractivity contribution >= 4 is 33.0 Å². The lowest BCUT2D eigenvalue weighted by Gasteiger charge is -2.22. The van der Waals surface area contributed by atoms with Gasteiger partial charge in [0, 0.05) is 15.3 Å². The highest BCUT2D eigenvalue weighted by Crippen LogP contribution is 2.35. The maximum atomic E-state index is 5.99. The lowest BCUT2D eigenvalue weighted by molar-refractivity contribution is 0.373. The number of nitrogens with zero attached hydrogens (tertiary/aromatic N) is 2. The SMILES string of the molecule is Clc1ccc(-c2cc3c(CC4CCCNC4)nncc3s2)cc1. The third-order valence-corrected chi connectivity index (χ3v) is 5.81. The second-order valence-electron chi connectivity index (χ2n) is 6.10. The third kappa shape index (κ3) is 3.25. The van der Waals surface area contributed by atoms with Gasteiger partial charge in [0.25, 0.3) is 0 Å². The van der Waals surface area contributed by atoms with Crippen LogP contribution in [0.2, 0.25) is 5.02 Å². The zero-order valence-corrected chi connectivity index (χ0v) is 14.3. The molecule has 2 aromatic heterocycles. The molecule has 1 saturated heterocycles. The third-order valence-electron chi connectivity index (χ3n) is 4.43. The predicted molar refractivity (Wildman–Crippen MR) is 97.2 cm³/mol. The number of aromatic nitrogens is 2. The first-order chi connectivity index (χ1) is 11.3. The van der Waals surface area contributed by atoms with E-state index in [4.69, 9.17) is 11.6 Å². The summed E-state index contributed by atoms with van der Waals surface area (Å²) in [5, 5.41) is 14.1. The van der Waals surface area contributed by atoms with E-state index in [1.54, 1.807) is 11.3 Å². The maximum Gasteiger partial charge on any atom is 0.0721 e. The van der Waals surface area contributed by atoms with Crippen LogP contribution in [0.4, 0.5) is 0 Å². The fraction of sp³-hybridized carbons (Fsp3) is 0.333. The summed E-state index contributed by atoms with van der Waals surface area (Å²) in [5.41, 5.74) is 2.33. The van der Waals surface area contributed by atoms with Gasteiger partial charge in [0.2, 0.25) is 0 Å². The molecule has 0 amide bonds. The number of hydrogen-bond acceptors (Lipinski definition) is 4. The van der Waals surface area contributed by atoms with Crippen LogP contribution in [-0.4, -0.2) is 23.3 Å². The number of thiophene rings is 1. The van der Waals surface area contributed by atoms with Crippen molar-refractivity contribution in [3.05, 3.63) is 47.2 Å². The number of piperidine rings is 1. The number of halogens is 1. The quantitative estimate of drug-likeness (QED) is 0.757. The van der Waals surface area contributed by atoms with Gasteiger partial charge in [0.1, 0.15) is 0 Å². The van der Waals surface area contributed by atoms with E-state index in [1.165, 1.54) is 33.4 Å². The van der Waals surface area contributed by atoms with E-state index in [2.05, 4.69) is 33.7 Å². The monoisotopic (exact) mass is 343 g/mol. The molecule has 0 radical (unpaired) electrons. The Morgan fingerprint density at radius 2 is 2.13 bits per heavy atom. The zero-order chi connectivity index (χ0) is 15.6. The molecule has 3 nitrogen and oxygen atoms in total. The van der Waals surface area contributed by atoms with Crippen LogP contribution in [0.25, 0.3) is 20.5 Å². The zero-order valence-electron chi connectivity index (χ0n) is 12.8. The smallest absolute Gasteiger partial charge is 0.0721 e. The number of nitrogens with one attached hydrogen (secondary N) is 1. The highest BCUT2D eigenvalue weighted by atomic mass is 35.5. The summed E-state index contributed by atoms with van der Waals surface area (Å²) in [6.07, 6.45) is 5.42. The van der Waals surface area contributed by atoms with Gasteiger partial charge in [0.15, 0.2) is 0 Å². The first-order valence-corrected chi connectivity index (χ1v) is 9.20. The summed E-state index contributed by atoms with van der Waals surface area (Å²) in [6, 6.07) is 10.3. The minimum absolute atomic E-state index is 0.669. The van der Waals surface area contributed by atoms with Crippen LogP contribution in [0.1, 0.15) is 18.5 Å². The standard InChI is InChI=1S/C18H18ClN3S/c19-14-5-3-13(4-6-14)17-9-15-16(22-21-11-18(15)23-17)8-12-2-1-7-20-10-12/h3-6,9,11-12,20H,1-2,7-8,10H2. The number of rotatable bonds is 3. The fourth-order valence-corrected chi connectivity index (χ4v) is 4.39. The molecule has 0 bridgehead atoms. The number of fused-ring (bicyclic) bond motifs is 1. The molecule has 0 saturated carbocycles. The van der Waals surface area contributed by atoms with Crippen LogP contribution >= 0.6 is 22.9 Å². The van der Waals surface area contributed by atoms with E-state index in [-0.39, 0.29) is 0 Å². The van der Waals surface area contributed by atoms with Crippen molar-refractivity contribution in [1.82, 2.24) is 15.5 Å². The lowest BCUT2D eigenvalue weighted by Crippen LogP contribution is -2.31. The molecule has 1 fully saturated rings. The van der Waals surface area contributed by atoms with Crippen LogP contribution in [-0.2, 0) is 6.42 Å². The molecule has 3 aromatic rings. The minimum atomic E-state index is 0.669. The highest BCUT2D eigenvalue weighted by Gasteiger charge is 2.17. The van der Waals surface area contributed by atoms with E-state index < -0.39 is 0 Å². The summed E-state index contributed by atoms with van der Waals surface area (Å²) in [5.74, 6) is 0.669. The van der Waals surface area contributed by atoms with E-state index >= 15 is 0 Å². The molecule has 3 heterocycles. The molecule has 118 valence electrons. The van der Waals surface area contributed by atoms with Crippen LogP contribution in [0.3, 0.4) is 0 Å². The second kappa shape index (κ2) is 6.56. The molecule has 5 heteroatoms. The van der Waals surface area contributed by atoms with Gasteiger partial charge < -0.3 is 5.32 Å². The number of benzene rings is 1. The van der Waals surface area contributed by atoms with Crippen LogP contribution in [0.5, 0.6) is 0 Å². The summed E-state index contributed by atoms with van der Waals surface area (Å²) in [7, 11) is 0. The Morgan fingerprint density at radius 1 is 1.26 bits per heavy atom. The van der Waals surface area contributed by atoms with Crippen molar-refractivity contribution < 1.29 is 0 Å². The molecule has 1 aliphatic rings. The van der Waals surface area contributed by atoms with Gasteiger partial charge in [-0.05, 0) is 62.0 Å². The van der Waals surface area contributed by atoms with Crippen LogP contribution in [0, 0.1) is 5.92 Å². The Labute approximate surface area is 144 Å². The normalized spacial score (nSPS) is 18.4. The topological polar surface area (TPSA) is 37.8 Å². The van der Waals surface area contributed by atoms with Gasteiger partial charge in [-0.15, -0.1) is 11.3 Å². The average Bonchev–Trinajstić information content (AvgIpc) is 3.02. The summed E-state index contributed by atoms with van der Waals surface area (Å²) in [4.78, 5) is 1.24. The van der Waals surface area contributed by atoms with Gasteiger partial charge in [-0.25, -0.2) is 0 Å². The second-order valence-corrected chi connectivity index (χ2v) is 7.62. The molecule has 0 spiro atoms. The average molecular weight is 344 g/mol. The molecule has 1 N–H and O–H groups in total. The Morgan fingerprint density at radius 3 is 2.91 bits per heavy atom. The molecule has 1 unspecified atom stereocenters. The molecule has 0 aliphatic carbocycles. The lowest BCUT2D eigenvalue weighted by atomic mass is 9.94. The predicted octanol–water partition coefficient (Wildman–Crippen LogP) is 4.55. The summed E-state index contributed by atoms with van der Waals surface area (Å²) >= 11 is 7.76. The molecule has 1 aromatic carbocycles. The van der Waals surface area contributed by atoms with E-state index in [0.29, 0.717) is 5.92 Å². The number of hydrogen-bond donors (Lipinski definition) is 1. The molecule has 4 rings (SSSR count). The van der Waals surface area contributed by atoms with Crippen molar-refractivity contribution in [2.75, 3.05) is 13.1 Å². The maximum absolute atomic E-state index is 5.99. The molecular weight excluding hydrogens is 326 g/mol. The summed E-state index contributed by atoms with van der Waals surface area (Å²) < 4.78 is 1.21. The van der Waals surface area contributed by atoms with Crippen LogP contribution < -0.4 is 5.32 Å².